The average Bonchev–Trinajstić information content (AvgIpc) is 2.71. The fourth-order valence-corrected chi connectivity index (χ4v) is 2.54. The van der Waals surface area contributed by atoms with Crippen molar-refractivity contribution < 1.29 is 28.5 Å². The van der Waals surface area contributed by atoms with E-state index in [9.17, 15) is 4.79 Å². The summed E-state index contributed by atoms with van der Waals surface area (Å²) in [4.78, 5) is 12.2. The summed E-state index contributed by atoms with van der Waals surface area (Å²) in [6.45, 7) is 1.77. The maximum absolute atomic E-state index is 12.2. The number of carbonyl (C=O) groups is 1. The molecule has 1 amide bonds. The summed E-state index contributed by atoms with van der Waals surface area (Å²) in [5.41, 5.74) is 0.822. The van der Waals surface area contributed by atoms with E-state index >= 15 is 0 Å². The van der Waals surface area contributed by atoms with Gasteiger partial charge in [0, 0.05) is 0 Å². The van der Waals surface area contributed by atoms with Crippen molar-refractivity contribution >= 4 is 5.91 Å². The van der Waals surface area contributed by atoms with Gasteiger partial charge in [-0.05, 0) is 48.9 Å². The smallest absolute Gasteiger partial charge is 0.258 e. The zero-order valence-electron chi connectivity index (χ0n) is 16.2. The van der Waals surface area contributed by atoms with Gasteiger partial charge in [-0.2, -0.15) is 0 Å². The lowest BCUT2D eigenvalue weighted by Gasteiger charge is -2.19. The van der Waals surface area contributed by atoms with E-state index in [1.807, 2.05) is 6.92 Å². The van der Waals surface area contributed by atoms with Crippen LogP contribution in [0.4, 0.5) is 0 Å². The second-order valence-electron chi connectivity index (χ2n) is 5.71. The molecule has 0 radical (unpaired) electrons. The molecule has 0 saturated heterocycles. The predicted molar refractivity (Wildman–Crippen MR) is 101 cm³/mol. The van der Waals surface area contributed by atoms with Gasteiger partial charge in [-0.1, -0.05) is 0 Å². The zero-order valence-corrected chi connectivity index (χ0v) is 16.2. The first-order valence-corrected chi connectivity index (χ1v) is 8.38. The molecular formula is C20H25NO6. The summed E-state index contributed by atoms with van der Waals surface area (Å²) in [7, 11) is 6.23. The molecular weight excluding hydrogens is 350 g/mol. The third-order valence-electron chi connectivity index (χ3n) is 3.99. The van der Waals surface area contributed by atoms with E-state index in [4.69, 9.17) is 23.7 Å². The van der Waals surface area contributed by atoms with Crippen LogP contribution in [0.2, 0.25) is 0 Å². The molecule has 1 atom stereocenters. The van der Waals surface area contributed by atoms with Gasteiger partial charge in [0.25, 0.3) is 5.91 Å². The van der Waals surface area contributed by atoms with Gasteiger partial charge in [-0.3, -0.25) is 4.79 Å². The van der Waals surface area contributed by atoms with Crippen molar-refractivity contribution in [3.8, 4) is 28.7 Å². The van der Waals surface area contributed by atoms with Gasteiger partial charge in [0.05, 0.1) is 34.5 Å². The lowest BCUT2D eigenvalue weighted by atomic mass is 10.1. The molecule has 0 spiro atoms. The Bertz CT molecular complexity index is 735. The number of methoxy groups -OCH3 is 4. The van der Waals surface area contributed by atoms with Crippen LogP contribution in [0.1, 0.15) is 18.5 Å². The highest BCUT2D eigenvalue weighted by Crippen LogP contribution is 2.39. The van der Waals surface area contributed by atoms with E-state index in [-0.39, 0.29) is 18.6 Å². The number of hydrogen-bond donors (Lipinski definition) is 1. The van der Waals surface area contributed by atoms with Crippen LogP contribution in [0.15, 0.2) is 36.4 Å². The van der Waals surface area contributed by atoms with Gasteiger partial charge in [0.1, 0.15) is 11.5 Å². The molecule has 0 heterocycles. The Labute approximate surface area is 159 Å². The van der Waals surface area contributed by atoms with Gasteiger partial charge in [-0.25, -0.2) is 0 Å². The first-order valence-electron chi connectivity index (χ1n) is 8.38. The first-order chi connectivity index (χ1) is 13.0. The van der Waals surface area contributed by atoms with Gasteiger partial charge >= 0.3 is 0 Å². The minimum absolute atomic E-state index is 0.0961. The fraction of sp³-hybridized carbons (Fsp3) is 0.350. The number of benzene rings is 2. The number of hydrogen-bond acceptors (Lipinski definition) is 6. The number of amides is 1. The fourth-order valence-electron chi connectivity index (χ4n) is 2.54. The van der Waals surface area contributed by atoms with Crippen LogP contribution >= 0.6 is 0 Å². The molecule has 1 N–H and O–H groups in total. The second-order valence-corrected chi connectivity index (χ2v) is 5.71. The molecule has 2 aromatic rings. The van der Waals surface area contributed by atoms with Crippen molar-refractivity contribution in [1.82, 2.24) is 5.32 Å². The maximum Gasteiger partial charge on any atom is 0.258 e. The number of carbonyl (C=O) groups excluding carboxylic acids is 1. The van der Waals surface area contributed by atoms with E-state index in [1.165, 1.54) is 0 Å². The van der Waals surface area contributed by atoms with Crippen molar-refractivity contribution in [2.24, 2.45) is 0 Å². The monoisotopic (exact) mass is 375 g/mol. The number of rotatable bonds is 9. The Hall–Kier alpha value is -3.09. The zero-order chi connectivity index (χ0) is 19.8. The molecule has 146 valence electrons. The van der Waals surface area contributed by atoms with Crippen molar-refractivity contribution in [3.63, 3.8) is 0 Å². The third-order valence-corrected chi connectivity index (χ3v) is 3.99. The van der Waals surface area contributed by atoms with Gasteiger partial charge in [0.2, 0.25) is 5.75 Å². The van der Waals surface area contributed by atoms with Crippen LogP contribution in [-0.2, 0) is 4.79 Å². The minimum Gasteiger partial charge on any atom is -0.497 e. The quantitative estimate of drug-likeness (QED) is 0.726. The maximum atomic E-state index is 12.2. The molecule has 7 nitrogen and oxygen atoms in total. The molecule has 0 aliphatic carbocycles. The van der Waals surface area contributed by atoms with Crippen molar-refractivity contribution in [3.05, 3.63) is 42.0 Å². The summed E-state index contributed by atoms with van der Waals surface area (Å²) >= 11 is 0. The van der Waals surface area contributed by atoms with Crippen LogP contribution in [0.25, 0.3) is 0 Å². The highest BCUT2D eigenvalue weighted by atomic mass is 16.5. The minimum atomic E-state index is -0.273. The molecule has 0 aliphatic rings. The predicted octanol–water partition coefficient (Wildman–Crippen LogP) is 2.98. The largest absolute Gasteiger partial charge is 0.497 e. The Balaban J connectivity index is 2.00. The Morgan fingerprint density at radius 1 is 0.889 bits per heavy atom. The van der Waals surface area contributed by atoms with Crippen molar-refractivity contribution in [2.45, 2.75) is 13.0 Å². The second kappa shape index (κ2) is 9.56. The van der Waals surface area contributed by atoms with E-state index in [2.05, 4.69) is 5.32 Å². The average molecular weight is 375 g/mol. The van der Waals surface area contributed by atoms with Crippen molar-refractivity contribution in [1.29, 1.82) is 0 Å². The summed E-state index contributed by atoms with van der Waals surface area (Å²) in [5, 5.41) is 2.89. The summed E-state index contributed by atoms with van der Waals surface area (Å²) in [5.74, 6) is 2.64. The standard InChI is InChI=1S/C20H25NO6/c1-13(14-10-17(24-3)20(26-5)18(11-14)25-4)21-19(22)12-27-16-8-6-15(23-2)7-9-16/h6-11,13H,12H2,1-5H3,(H,21,22). The van der Waals surface area contributed by atoms with Crippen LogP contribution in [-0.4, -0.2) is 41.0 Å². The van der Waals surface area contributed by atoms with Crippen LogP contribution in [0.3, 0.4) is 0 Å². The molecule has 1 unspecified atom stereocenters. The SMILES string of the molecule is COc1ccc(OCC(=O)NC(C)c2cc(OC)c(OC)c(OC)c2)cc1. The van der Waals surface area contributed by atoms with E-state index in [0.29, 0.717) is 23.0 Å². The Morgan fingerprint density at radius 3 is 1.93 bits per heavy atom. The topological polar surface area (TPSA) is 75.3 Å². The molecule has 2 aromatic carbocycles. The van der Waals surface area contributed by atoms with Crippen LogP contribution < -0.4 is 29.0 Å². The normalized spacial score (nSPS) is 11.3. The first kappa shape index (κ1) is 20.2. The molecule has 2 rings (SSSR count). The Morgan fingerprint density at radius 2 is 1.44 bits per heavy atom. The van der Waals surface area contributed by atoms with Gasteiger partial charge in [-0.15, -0.1) is 0 Å². The summed E-state index contributed by atoms with van der Waals surface area (Å²) in [6.07, 6.45) is 0. The molecule has 0 aromatic heterocycles. The molecule has 0 aliphatic heterocycles. The number of nitrogens with one attached hydrogen (secondary N) is 1. The lowest BCUT2D eigenvalue weighted by molar-refractivity contribution is -0.123. The molecule has 0 bridgehead atoms. The molecule has 0 fully saturated rings. The number of ether oxygens (including phenoxy) is 5. The summed E-state index contributed by atoms with van der Waals surface area (Å²) in [6, 6.07) is 10.4. The van der Waals surface area contributed by atoms with E-state index < -0.39 is 0 Å². The van der Waals surface area contributed by atoms with Gasteiger partial charge in [0.15, 0.2) is 18.1 Å². The molecule has 7 heteroatoms. The van der Waals surface area contributed by atoms with Crippen LogP contribution in [0.5, 0.6) is 28.7 Å². The molecule has 27 heavy (non-hydrogen) atoms. The Kier molecular flexibility index (Phi) is 7.16. The third kappa shape index (κ3) is 5.20. The lowest BCUT2D eigenvalue weighted by Crippen LogP contribution is -2.31. The molecule has 0 saturated carbocycles. The van der Waals surface area contributed by atoms with Crippen molar-refractivity contribution in [2.75, 3.05) is 35.0 Å². The summed E-state index contributed by atoms with van der Waals surface area (Å²) < 4.78 is 26.6. The van der Waals surface area contributed by atoms with E-state index in [0.717, 1.165) is 11.3 Å². The highest BCUT2D eigenvalue weighted by Gasteiger charge is 2.17. The highest BCUT2D eigenvalue weighted by molar-refractivity contribution is 5.78. The van der Waals surface area contributed by atoms with Crippen LogP contribution in [0, 0.1) is 0 Å². The van der Waals surface area contributed by atoms with E-state index in [1.54, 1.807) is 64.8 Å². The van der Waals surface area contributed by atoms with Gasteiger partial charge < -0.3 is 29.0 Å².